The summed E-state index contributed by atoms with van der Waals surface area (Å²) in [4.78, 5) is 38.5. The second kappa shape index (κ2) is 6.97. The maximum atomic E-state index is 12.6. The molecule has 0 saturated heterocycles. The number of aryl methyl sites for hydroxylation is 1. The molecule has 3 rings (SSSR count). The summed E-state index contributed by atoms with van der Waals surface area (Å²) in [6.07, 6.45) is 0.947. The zero-order valence-corrected chi connectivity index (χ0v) is 13.7. The van der Waals surface area contributed by atoms with Crippen LogP contribution in [0.3, 0.4) is 0 Å². The van der Waals surface area contributed by atoms with Crippen molar-refractivity contribution in [2.45, 2.75) is 18.9 Å². The third-order valence-corrected chi connectivity index (χ3v) is 4.45. The van der Waals surface area contributed by atoms with E-state index >= 15 is 0 Å². The van der Waals surface area contributed by atoms with Gasteiger partial charge in [0.05, 0.1) is 17.0 Å². The molecule has 0 fully saturated rings. The van der Waals surface area contributed by atoms with Gasteiger partial charge < -0.3 is 0 Å². The number of alkyl halides is 1. The van der Waals surface area contributed by atoms with E-state index in [1.165, 1.54) is 0 Å². The first-order valence-corrected chi connectivity index (χ1v) is 8.26. The molecule has 1 atom stereocenters. The summed E-state index contributed by atoms with van der Waals surface area (Å²) >= 11 is 5.71. The molecule has 122 valence electrons. The Kier molecular flexibility index (Phi) is 4.76. The van der Waals surface area contributed by atoms with Crippen LogP contribution in [0.2, 0.25) is 0 Å². The molecule has 0 aliphatic carbocycles. The van der Waals surface area contributed by atoms with Gasteiger partial charge in [0, 0.05) is 0 Å². The summed E-state index contributed by atoms with van der Waals surface area (Å²) in [7, 11) is 0. The molecule has 0 radical (unpaired) electrons. The lowest BCUT2D eigenvalue weighted by Crippen LogP contribution is -2.45. The predicted octanol–water partition coefficient (Wildman–Crippen LogP) is 3.09. The molecule has 0 aromatic heterocycles. The number of hydrogen-bond donors (Lipinski definition) is 0. The number of benzene rings is 2. The summed E-state index contributed by atoms with van der Waals surface area (Å²) in [5.74, 6) is -1.39. The molecule has 2 amide bonds. The number of carbonyl (C=O) groups is 3. The lowest BCUT2D eigenvalue weighted by molar-refractivity contribution is -0.120. The van der Waals surface area contributed by atoms with Crippen LogP contribution in [-0.4, -0.2) is 34.4 Å². The van der Waals surface area contributed by atoms with Crippen molar-refractivity contribution in [1.82, 2.24) is 4.90 Å². The summed E-state index contributed by atoms with van der Waals surface area (Å²) in [5, 5.41) is 0. The number of nitrogens with zero attached hydrogens (tertiary/aromatic N) is 1. The molecule has 0 N–H and O–H groups in total. The number of rotatable bonds is 6. The lowest BCUT2D eigenvalue weighted by Gasteiger charge is -2.24. The van der Waals surface area contributed by atoms with E-state index in [0.29, 0.717) is 24.0 Å². The molecule has 4 nitrogen and oxygen atoms in total. The Balaban J connectivity index is 1.86. The third-order valence-electron chi connectivity index (χ3n) is 4.19. The highest BCUT2D eigenvalue weighted by molar-refractivity contribution is 6.30. The largest absolute Gasteiger partial charge is 0.296 e. The molecule has 0 unspecified atom stereocenters. The highest BCUT2D eigenvalue weighted by Gasteiger charge is 2.41. The smallest absolute Gasteiger partial charge is 0.262 e. The Morgan fingerprint density at radius 1 is 0.917 bits per heavy atom. The van der Waals surface area contributed by atoms with Crippen molar-refractivity contribution in [2.75, 3.05) is 5.88 Å². The second-order valence-electron chi connectivity index (χ2n) is 5.67. The van der Waals surface area contributed by atoms with Crippen molar-refractivity contribution < 1.29 is 14.4 Å². The molecule has 0 spiro atoms. The Hall–Kier alpha value is -2.46. The molecule has 0 saturated carbocycles. The molecule has 1 aliphatic rings. The van der Waals surface area contributed by atoms with Gasteiger partial charge in [-0.15, -0.1) is 11.6 Å². The maximum Gasteiger partial charge on any atom is 0.262 e. The van der Waals surface area contributed by atoms with Gasteiger partial charge in [0.2, 0.25) is 0 Å². The molecule has 2 aromatic rings. The number of carbonyl (C=O) groups excluding carboxylic acids is 3. The average molecular weight is 342 g/mol. The fraction of sp³-hybridized carbons (Fsp3) is 0.211. The van der Waals surface area contributed by atoms with Gasteiger partial charge in [-0.2, -0.15) is 0 Å². The van der Waals surface area contributed by atoms with E-state index < -0.39 is 17.9 Å². The van der Waals surface area contributed by atoms with Gasteiger partial charge >= 0.3 is 0 Å². The maximum absolute atomic E-state index is 12.6. The first kappa shape index (κ1) is 16.4. The first-order chi connectivity index (χ1) is 11.6. The normalized spacial score (nSPS) is 14.6. The van der Waals surface area contributed by atoms with Crippen LogP contribution in [0, 0.1) is 0 Å². The third kappa shape index (κ3) is 2.97. The van der Waals surface area contributed by atoms with Crippen LogP contribution in [0.4, 0.5) is 0 Å². The molecular weight excluding hydrogens is 326 g/mol. The fourth-order valence-corrected chi connectivity index (χ4v) is 3.14. The van der Waals surface area contributed by atoms with Crippen LogP contribution in [0.1, 0.15) is 32.7 Å². The van der Waals surface area contributed by atoms with Crippen molar-refractivity contribution in [3.8, 4) is 0 Å². The van der Waals surface area contributed by atoms with Gasteiger partial charge in [-0.3, -0.25) is 19.3 Å². The molecule has 24 heavy (non-hydrogen) atoms. The van der Waals surface area contributed by atoms with E-state index in [4.69, 9.17) is 11.6 Å². The number of Topliss-reactive ketones (excluding diaryl/α,β-unsaturated/α-hetero) is 1. The van der Waals surface area contributed by atoms with E-state index in [9.17, 15) is 14.4 Å². The van der Waals surface area contributed by atoms with E-state index in [1.807, 2.05) is 30.3 Å². The quantitative estimate of drug-likeness (QED) is 0.599. The van der Waals surface area contributed by atoms with Crippen molar-refractivity contribution >= 4 is 29.2 Å². The van der Waals surface area contributed by atoms with Crippen LogP contribution >= 0.6 is 11.6 Å². The molecule has 2 aromatic carbocycles. The van der Waals surface area contributed by atoms with Gasteiger partial charge in [0.25, 0.3) is 11.8 Å². The van der Waals surface area contributed by atoms with Crippen molar-refractivity contribution in [2.24, 2.45) is 0 Å². The molecule has 1 heterocycles. The van der Waals surface area contributed by atoms with Crippen LogP contribution in [0.25, 0.3) is 0 Å². The van der Waals surface area contributed by atoms with E-state index in [2.05, 4.69) is 0 Å². The fourth-order valence-electron chi connectivity index (χ4n) is 2.96. The Morgan fingerprint density at radius 2 is 1.46 bits per heavy atom. The van der Waals surface area contributed by atoms with Crippen molar-refractivity contribution in [3.05, 3.63) is 71.3 Å². The minimum absolute atomic E-state index is 0.229. The SMILES string of the molecule is O=C(CCl)[C@H](CCc1ccccc1)N1C(=O)c2ccccc2C1=O. The average Bonchev–Trinajstić information content (AvgIpc) is 2.88. The molecule has 1 aliphatic heterocycles. The summed E-state index contributed by atoms with van der Waals surface area (Å²) in [5.41, 5.74) is 1.73. The minimum atomic E-state index is -0.838. The number of fused-ring (bicyclic) bond motifs is 1. The van der Waals surface area contributed by atoms with E-state index in [-0.39, 0.29) is 11.7 Å². The van der Waals surface area contributed by atoms with E-state index in [1.54, 1.807) is 24.3 Å². The second-order valence-corrected chi connectivity index (χ2v) is 5.93. The van der Waals surface area contributed by atoms with Crippen molar-refractivity contribution in [1.29, 1.82) is 0 Å². The van der Waals surface area contributed by atoms with Gasteiger partial charge in [0.15, 0.2) is 5.78 Å². The predicted molar refractivity (Wildman–Crippen MR) is 91.2 cm³/mol. The number of halogens is 1. The standard InChI is InChI=1S/C19H16ClNO3/c20-12-17(22)16(11-10-13-6-2-1-3-7-13)21-18(23)14-8-4-5-9-15(14)19(21)24/h1-9,16H,10-12H2/t16-/m0/s1. The van der Waals surface area contributed by atoms with Crippen LogP contribution < -0.4 is 0 Å². The van der Waals surface area contributed by atoms with Crippen LogP contribution in [0.5, 0.6) is 0 Å². The topological polar surface area (TPSA) is 54.5 Å². The Bertz CT molecular complexity index is 753. The Morgan fingerprint density at radius 3 is 2.00 bits per heavy atom. The lowest BCUT2D eigenvalue weighted by atomic mass is 10.0. The zero-order chi connectivity index (χ0) is 17.1. The highest BCUT2D eigenvalue weighted by Crippen LogP contribution is 2.26. The summed E-state index contributed by atoms with van der Waals surface area (Å²) < 4.78 is 0. The molecule has 5 heteroatoms. The molecular formula is C19H16ClNO3. The van der Waals surface area contributed by atoms with Gasteiger partial charge in [-0.05, 0) is 30.5 Å². The number of imide groups is 1. The van der Waals surface area contributed by atoms with Gasteiger partial charge in [0.1, 0.15) is 6.04 Å². The van der Waals surface area contributed by atoms with Crippen molar-refractivity contribution in [3.63, 3.8) is 0 Å². The van der Waals surface area contributed by atoms with Crippen LogP contribution in [-0.2, 0) is 11.2 Å². The monoisotopic (exact) mass is 341 g/mol. The number of amides is 2. The number of ketones is 1. The first-order valence-electron chi connectivity index (χ1n) is 7.73. The Labute approximate surface area is 145 Å². The van der Waals surface area contributed by atoms with E-state index in [0.717, 1.165) is 10.5 Å². The summed E-state index contributed by atoms with van der Waals surface area (Å²) in [6, 6.07) is 15.4. The zero-order valence-electron chi connectivity index (χ0n) is 12.9. The van der Waals surface area contributed by atoms with Crippen LogP contribution in [0.15, 0.2) is 54.6 Å². The minimum Gasteiger partial charge on any atom is -0.296 e. The van der Waals surface area contributed by atoms with Gasteiger partial charge in [-0.25, -0.2) is 0 Å². The van der Waals surface area contributed by atoms with Gasteiger partial charge in [-0.1, -0.05) is 42.5 Å². The highest BCUT2D eigenvalue weighted by atomic mass is 35.5. The number of hydrogen-bond acceptors (Lipinski definition) is 3. The summed E-state index contributed by atoms with van der Waals surface area (Å²) in [6.45, 7) is 0. The molecule has 0 bridgehead atoms.